The SMILES string of the molecule is Cc1noc(C2CCN(C(=O)c3ccc4nc(C)c(C)nc4c3)C2)n1. The molecule has 1 unspecified atom stereocenters. The quantitative estimate of drug-likeness (QED) is 0.714. The van der Waals surface area contributed by atoms with Crippen molar-refractivity contribution in [3.8, 4) is 0 Å². The molecule has 0 aliphatic carbocycles. The Morgan fingerprint density at radius 1 is 1.12 bits per heavy atom. The molecule has 4 rings (SSSR count). The van der Waals surface area contributed by atoms with Crippen LogP contribution in [0.4, 0.5) is 0 Å². The van der Waals surface area contributed by atoms with E-state index in [-0.39, 0.29) is 11.8 Å². The first-order chi connectivity index (χ1) is 12.0. The first kappa shape index (κ1) is 15.7. The van der Waals surface area contributed by atoms with Crippen LogP contribution in [0, 0.1) is 20.8 Å². The molecule has 0 radical (unpaired) electrons. The molecule has 1 atom stereocenters. The van der Waals surface area contributed by atoms with E-state index in [4.69, 9.17) is 4.52 Å². The van der Waals surface area contributed by atoms with E-state index < -0.39 is 0 Å². The Morgan fingerprint density at radius 3 is 2.60 bits per heavy atom. The second-order valence-electron chi connectivity index (χ2n) is 6.51. The Hall–Kier alpha value is -2.83. The van der Waals surface area contributed by atoms with E-state index in [9.17, 15) is 4.79 Å². The number of nitrogens with zero attached hydrogens (tertiary/aromatic N) is 5. The van der Waals surface area contributed by atoms with Crippen molar-refractivity contribution in [3.63, 3.8) is 0 Å². The Bertz CT molecular complexity index is 965. The number of aromatic nitrogens is 4. The van der Waals surface area contributed by atoms with Gasteiger partial charge in [0, 0.05) is 18.7 Å². The standard InChI is InChI=1S/C18H19N5O2/c1-10-11(2)20-16-8-13(4-5-15(16)19-10)18(24)23-7-6-14(9-23)17-21-12(3)22-25-17/h4-5,8,14H,6-7,9H2,1-3H3. The summed E-state index contributed by atoms with van der Waals surface area (Å²) in [6, 6.07) is 5.50. The molecule has 1 amide bonds. The number of carbonyl (C=O) groups is 1. The fourth-order valence-corrected chi connectivity index (χ4v) is 3.17. The van der Waals surface area contributed by atoms with Gasteiger partial charge in [-0.2, -0.15) is 4.98 Å². The molecule has 25 heavy (non-hydrogen) atoms. The third-order valence-electron chi connectivity index (χ3n) is 4.69. The zero-order valence-corrected chi connectivity index (χ0v) is 14.5. The van der Waals surface area contributed by atoms with Gasteiger partial charge in [0.1, 0.15) is 0 Å². The van der Waals surface area contributed by atoms with Gasteiger partial charge in [-0.25, -0.2) is 9.97 Å². The lowest BCUT2D eigenvalue weighted by Gasteiger charge is -2.16. The number of likely N-dealkylation sites (tertiary alicyclic amines) is 1. The first-order valence-corrected chi connectivity index (χ1v) is 8.36. The van der Waals surface area contributed by atoms with E-state index in [2.05, 4.69) is 20.1 Å². The van der Waals surface area contributed by atoms with E-state index in [0.29, 0.717) is 30.4 Å². The summed E-state index contributed by atoms with van der Waals surface area (Å²) in [5.74, 6) is 1.35. The van der Waals surface area contributed by atoms with Crippen LogP contribution >= 0.6 is 0 Å². The molecular weight excluding hydrogens is 318 g/mol. The zero-order chi connectivity index (χ0) is 17.6. The zero-order valence-electron chi connectivity index (χ0n) is 14.5. The molecule has 1 aliphatic rings. The first-order valence-electron chi connectivity index (χ1n) is 8.36. The van der Waals surface area contributed by atoms with E-state index in [1.807, 2.05) is 36.9 Å². The van der Waals surface area contributed by atoms with Crippen molar-refractivity contribution < 1.29 is 9.32 Å². The number of amides is 1. The molecule has 1 fully saturated rings. The second-order valence-corrected chi connectivity index (χ2v) is 6.51. The molecule has 0 bridgehead atoms. The van der Waals surface area contributed by atoms with Crippen LogP contribution < -0.4 is 0 Å². The molecule has 3 aromatic rings. The summed E-state index contributed by atoms with van der Waals surface area (Å²) in [5, 5.41) is 3.83. The molecule has 7 heteroatoms. The predicted octanol–water partition coefficient (Wildman–Crippen LogP) is 2.57. The minimum atomic E-state index is 0.000616. The van der Waals surface area contributed by atoms with Crippen molar-refractivity contribution in [2.24, 2.45) is 0 Å². The molecule has 0 saturated carbocycles. The maximum absolute atomic E-state index is 12.8. The lowest BCUT2D eigenvalue weighted by atomic mass is 10.1. The molecule has 1 saturated heterocycles. The minimum absolute atomic E-state index is 0.000616. The maximum atomic E-state index is 12.8. The summed E-state index contributed by atoms with van der Waals surface area (Å²) in [7, 11) is 0. The molecule has 7 nitrogen and oxygen atoms in total. The lowest BCUT2D eigenvalue weighted by molar-refractivity contribution is 0.0789. The largest absolute Gasteiger partial charge is 0.339 e. The Morgan fingerprint density at radius 2 is 1.88 bits per heavy atom. The van der Waals surface area contributed by atoms with Crippen LogP contribution in [-0.4, -0.2) is 44.0 Å². The summed E-state index contributed by atoms with van der Waals surface area (Å²) >= 11 is 0. The van der Waals surface area contributed by atoms with Crippen LogP contribution in [0.3, 0.4) is 0 Å². The van der Waals surface area contributed by atoms with Gasteiger partial charge in [0.05, 0.1) is 28.3 Å². The summed E-state index contributed by atoms with van der Waals surface area (Å²) in [6.07, 6.45) is 0.832. The topological polar surface area (TPSA) is 85.0 Å². The van der Waals surface area contributed by atoms with Crippen LogP contribution in [0.25, 0.3) is 11.0 Å². The molecular formula is C18H19N5O2. The van der Waals surface area contributed by atoms with E-state index in [1.165, 1.54) is 0 Å². The highest BCUT2D eigenvalue weighted by atomic mass is 16.5. The summed E-state index contributed by atoms with van der Waals surface area (Å²) < 4.78 is 5.25. The highest BCUT2D eigenvalue weighted by Gasteiger charge is 2.31. The average molecular weight is 337 g/mol. The van der Waals surface area contributed by atoms with Crippen LogP contribution in [0.1, 0.15) is 45.8 Å². The van der Waals surface area contributed by atoms with E-state index in [1.54, 1.807) is 6.92 Å². The number of benzene rings is 1. The predicted molar refractivity (Wildman–Crippen MR) is 91.3 cm³/mol. The van der Waals surface area contributed by atoms with Gasteiger partial charge in [-0.3, -0.25) is 4.79 Å². The van der Waals surface area contributed by atoms with Crippen molar-refractivity contribution in [2.75, 3.05) is 13.1 Å². The Labute approximate surface area is 145 Å². The molecule has 1 aromatic carbocycles. The number of fused-ring (bicyclic) bond motifs is 1. The Balaban J connectivity index is 1.56. The number of carbonyl (C=O) groups excluding carboxylic acids is 1. The average Bonchev–Trinajstić information content (AvgIpc) is 3.24. The second kappa shape index (κ2) is 5.91. The van der Waals surface area contributed by atoms with Crippen molar-refractivity contribution in [1.29, 1.82) is 0 Å². The number of rotatable bonds is 2. The monoisotopic (exact) mass is 337 g/mol. The van der Waals surface area contributed by atoms with Crippen LogP contribution in [0.2, 0.25) is 0 Å². The lowest BCUT2D eigenvalue weighted by Crippen LogP contribution is -2.28. The fraction of sp³-hybridized carbons (Fsp3) is 0.389. The van der Waals surface area contributed by atoms with Gasteiger partial charge in [-0.15, -0.1) is 0 Å². The van der Waals surface area contributed by atoms with Crippen molar-refractivity contribution in [3.05, 3.63) is 46.9 Å². The van der Waals surface area contributed by atoms with E-state index >= 15 is 0 Å². The fourth-order valence-electron chi connectivity index (χ4n) is 3.17. The molecule has 0 spiro atoms. The molecule has 3 heterocycles. The van der Waals surface area contributed by atoms with Gasteiger partial charge < -0.3 is 9.42 Å². The highest BCUT2D eigenvalue weighted by Crippen LogP contribution is 2.27. The van der Waals surface area contributed by atoms with Gasteiger partial charge >= 0.3 is 0 Å². The smallest absolute Gasteiger partial charge is 0.253 e. The van der Waals surface area contributed by atoms with Crippen LogP contribution in [0.5, 0.6) is 0 Å². The minimum Gasteiger partial charge on any atom is -0.339 e. The van der Waals surface area contributed by atoms with Crippen LogP contribution in [-0.2, 0) is 0 Å². The third kappa shape index (κ3) is 2.86. The van der Waals surface area contributed by atoms with Gasteiger partial charge in [0.2, 0.25) is 5.89 Å². The van der Waals surface area contributed by atoms with Gasteiger partial charge in [0.25, 0.3) is 5.91 Å². The van der Waals surface area contributed by atoms with Gasteiger partial charge in [-0.05, 0) is 45.4 Å². The normalized spacial score (nSPS) is 17.4. The molecule has 128 valence electrons. The maximum Gasteiger partial charge on any atom is 0.253 e. The van der Waals surface area contributed by atoms with Crippen molar-refractivity contribution >= 4 is 16.9 Å². The third-order valence-corrected chi connectivity index (χ3v) is 4.69. The molecule has 2 aromatic heterocycles. The Kier molecular flexibility index (Phi) is 3.71. The van der Waals surface area contributed by atoms with Gasteiger partial charge in [0.15, 0.2) is 5.82 Å². The molecule has 1 aliphatic heterocycles. The molecule has 0 N–H and O–H groups in total. The summed E-state index contributed by atoms with van der Waals surface area (Å²) in [5.41, 5.74) is 3.97. The van der Waals surface area contributed by atoms with Crippen LogP contribution in [0.15, 0.2) is 22.7 Å². The van der Waals surface area contributed by atoms with Crippen molar-refractivity contribution in [2.45, 2.75) is 33.1 Å². The summed E-state index contributed by atoms with van der Waals surface area (Å²) in [4.78, 5) is 28.0. The number of hydrogen-bond acceptors (Lipinski definition) is 6. The number of hydrogen-bond donors (Lipinski definition) is 0. The summed E-state index contributed by atoms with van der Waals surface area (Å²) in [6.45, 7) is 6.93. The van der Waals surface area contributed by atoms with Crippen molar-refractivity contribution in [1.82, 2.24) is 25.0 Å². The highest BCUT2D eigenvalue weighted by molar-refractivity contribution is 5.97. The number of aryl methyl sites for hydroxylation is 3. The van der Waals surface area contributed by atoms with E-state index in [0.717, 1.165) is 28.8 Å². The van der Waals surface area contributed by atoms with Gasteiger partial charge in [-0.1, -0.05) is 5.16 Å².